The minimum Gasteiger partial charge on any atom is -0.497 e. The van der Waals surface area contributed by atoms with E-state index in [-0.39, 0.29) is 11.4 Å². The van der Waals surface area contributed by atoms with Gasteiger partial charge in [-0.25, -0.2) is 4.79 Å². The summed E-state index contributed by atoms with van der Waals surface area (Å²) in [7, 11) is 3.15. The molecule has 0 saturated carbocycles. The van der Waals surface area contributed by atoms with Gasteiger partial charge in [0.1, 0.15) is 16.9 Å². The predicted molar refractivity (Wildman–Crippen MR) is 102 cm³/mol. The van der Waals surface area contributed by atoms with Crippen molar-refractivity contribution >= 4 is 35.1 Å². The summed E-state index contributed by atoms with van der Waals surface area (Å²) in [5.41, 5.74) is 1.65. The SMILES string of the molecule is COc1cc(NC(=O)N2CCS[C@@H]2c2cccc(Cl)c2)cc(OC)c1. The first-order valence-electron chi connectivity index (χ1n) is 7.78. The molecule has 1 aliphatic heterocycles. The Morgan fingerprint density at radius 1 is 1.20 bits per heavy atom. The zero-order valence-corrected chi connectivity index (χ0v) is 15.6. The van der Waals surface area contributed by atoms with Crippen LogP contribution < -0.4 is 14.8 Å². The van der Waals surface area contributed by atoms with Crippen molar-refractivity contribution in [1.82, 2.24) is 4.90 Å². The second kappa shape index (κ2) is 7.89. The molecule has 0 bridgehead atoms. The summed E-state index contributed by atoms with van der Waals surface area (Å²) in [6, 6.07) is 12.7. The van der Waals surface area contributed by atoms with E-state index < -0.39 is 0 Å². The Morgan fingerprint density at radius 2 is 1.92 bits per heavy atom. The lowest BCUT2D eigenvalue weighted by Crippen LogP contribution is -2.34. The van der Waals surface area contributed by atoms with Crippen LogP contribution in [0, 0.1) is 0 Å². The van der Waals surface area contributed by atoms with E-state index in [1.54, 1.807) is 44.2 Å². The Hall–Kier alpha value is -2.05. The number of hydrogen-bond acceptors (Lipinski definition) is 4. The second-order valence-electron chi connectivity index (χ2n) is 5.50. The Morgan fingerprint density at radius 3 is 2.56 bits per heavy atom. The molecule has 2 aromatic carbocycles. The van der Waals surface area contributed by atoms with Crippen LogP contribution in [0.2, 0.25) is 5.02 Å². The van der Waals surface area contributed by atoms with E-state index in [0.29, 0.717) is 28.8 Å². The monoisotopic (exact) mass is 378 g/mol. The number of benzene rings is 2. The van der Waals surface area contributed by atoms with Crippen molar-refractivity contribution in [3.05, 3.63) is 53.1 Å². The summed E-state index contributed by atoms with van der Waals surface area (Å²) in [5, 5.41) is 3.55. The molecular formula is C18H19ClN2O3S. The number of rotatable bonds is 4. The average molecular weight is 379 g/mol. The molecule has 1 aliphatic rings. The molecular weight excluding hydrogens is 360 g/mol. The number of thioether (sulfide) groups is 1. The molecule has 0 aliphatic carbocycles. The quantitative estimate of drug-likeness (QED) is 0.842. The molecule has 7 heteroatoms. The van der Waals surface area contributed by atoms with Crippen molar-refractivity contribution in [3.8, 4) is 11.5 Å². The Kier molecular flexibility index (Phi) is 5.60. The molecule has 1 N–H and O–H groups in total. The number of carbonyl (C=O) groups excluding carboxylic acids is 1. The summed E-state index contributed by atoms with van der Waals surface area (Å²) < 4.78 is 10.5. The molecule has 0 radical (unpaired) electrons. The Labute approximate surface area is 156 Å². The van der Waals surface area contributed by atoms with E-state index >= 15 is 0 Å². The second-order valence-corrected chi connectivity index (χ2v) is 7.13. The van der Waals surface area contributed by atoms with Gasteiger partial charge in [-0.3, -0.25) is 0 Å². The normalized spacial score (nSPS) is 16.6. The number of anilines is 1. The highest BCUT2D eigenvalue weighted by atomic mass is 35.5. The third-order valence-electron chi connectivity index (χ3n) is 3.89. The van der Waals surface area contributed by atoms with Crippen LogP contribution in [0.4, 0.5) is 10.5 Å². The van der Waals surface area contributed by atoms with Gasteiger partial charge in [-0.2, -0.15) is 0 Å². The molecule has 0 aromatic heterocycles. The van der Waals surface area contributed by atoms with Gasteiger partial charge in [-0.1, -0.05) is 23.7 Å². The molecule has 0 unspecified atom stereocenters. The number of nitrogens with one attached hydrogen (secondary N) is 1. The number of hydrogen-bond donors (Lipinski definition) is 1. The first kappa shape index (κ1) is 17.8. The Bertz CT molecular complexity index is 749. The fourth-order valence-corrected chi connectivity index (χ4v) is 4.13. The predicted octanol–water partition coefficient (Wildman–Crippen LogP) is 4.64. The lowest BCUT2D eigenvalue weighted by Gasteiger charge is -2.24. The van der Waals surface area contributed by atoms with Gasteiger partial charge in [0.05, 0.1) is 14.2 Å². The first-order valence-corrected chi connectivity index (χ1v) is 9.21. The van der Waals surface area contributed by atoms with Crippen molar-refractivity contribution in [2.24, 2.45) is 0 Å². The van der Waals surface area contributed by atoms with Crippen LogP contribution in [0.5, 0.6) is 11.5 Å². The van der Waals surface area contributed by atoms with Gasteiger partial charge in [0.25, 0.3) is 0 Å². The molecule has 25 heavy (non-hydrogen) atoms. The first-order chi connectivity index (χ1) is 12.1. The van der Waals surface area contributed by atoms with Crippen molar-refractivity contribution in [2.45, 2.75) is 5.37 Å². The zero-order valence-electron chi connectivity index (χ0n) is 14.0. The molecule has 2 aromatic rings. The molecule has 5 nitrogen and oxygen atoms in total. The number of methoxy groups -OCH3 is 2. The van der Waals surface area contributed by atoms with Gasteiger partial charge < -0.3 is 19.7 Å². The maximum atomic E-state index is 12.8. The summed E-state index contributed by atoms with van der Waals surface area (Å²) in [6.07, 6.45) is 0. The highest BCUT2D eigenvalue weighted by molar-refractivity contribution is 7.99. The lowest BCUT2D eigenvalue weighted by atomic mass is 10.2. The third-order valence-corrected chi connectivity index (χ3v) is 5.38. The summed E-state index contributed by atoms with van der Waals surface area (Å²) in [5.74, 6) is 2.13. The van der Waals surface area contributed by atoms with Gasteiger partial charge in [0.2, 0.25) is 0 Å². The number of amides is 2. The molecule has 1 saturated heterocycles. The fraction of sp³-hybridized carbons (Fsp3) is 0.278. The molecule has 132 valence electrons. The molecule has 2 amide bonds. The van der Waals surface area contributed by atoms with Gasteiger partial charge in [0, 0.05) is 41.2 Å². The molecule has 3 rings (SSSR count). The van der Waals surface area contributed by atoms with E-state index in [2.05, 4.69) is 5.32 Å². The van der Waals surface area contributed by atoms with Crippen molar-refractivity contribution < 1.29 is 14.3 Å². The van der Waals surface area contributed by atoms with Crippen LogP contribution in [-0.4, -0.2) is 37.4 Å². The van der Waals surface area contributed by atoms with Gasteiger partial charge in [0.15, 0.2) is 0 Å². The molecule has 1 fully saturated rings. The van der Waals surface area contributed by atoms with Crippen LogP contribution in [0.15, 0.2) is 42.5 Å². The van der Waals surface area contributed by atoms with E-state index in [0.717, 1.165) is 11.3 Å². The Balaban J connectivity index is 1.78. The number of carbonyl (C=O) groups is 1. The van der Waals surface area contributed by atoms with Gasteiger partial charge >= 0.3 is 6.03 Å². The maximum absolute atomic E-state index is 12.8. The highest BCUT2D eigenvalue weighted by Gasteiger charge is 2.31. The van der Waals surface area contributed by atoms with E-state index in [9.17, 15) is 4.79 Å². The largest absolute Gasteiger partial charge is 0.497 e. The molecule has 1 atom stereocenters. The minimum atomic E-state index is -0.162. The van der Waals surface area contributed by atoms with Crippen LogP contribution in [-0.2, 0) is 0 Å². The van der Waals surface area contributed by atoms with Crippen LogP contribution in [0.25, 0.3) is 0 Å². The standard InChI is InChI=1S/C18H19ClN2O3S/c1-23-15-9-14(10-16(11-15)24-2)20-18(22)21-6-7-25-17(21)12-4-3-5-13(19)8-12/h3-5,8-11,17H,6-7H2,1-2H3,(H,20,22)/t17-/m1/s1. The maximum Gasteiger partial charge on any atom is 0.323 e. The van der Waals surface area contributed by atoms with Gasteiger partial charge in [-0.15, -0.1) is 11.8 Å². The van der Waals surface area contributed by atoms with Gasteiger partial charge in [-0.05, 0) is 17.7 Å². The molecule has 1 heterocycles. The van der Waals surface area contributed by atoms with E-state index in [4.69, 9.17) is 21.1 Å². The number of nitrogens with zero attached hydrogens (tertiary/aromatic N) is 1. The van der Waals surface area contributed by atoms with Crippen molar-refractivity contribution in [1.29, 1.82) is 0 Å². The highest BCUT2D eigenvalue weighted by Crippen LogP contribution is 2.39. The summed E-state index contributed by atoms with van der Waals surface area (Å²) in [6.45, 7) is 0.675. The summed E-state index contributed by atoms with van der Waals surface area (Å²) in [4.78, 5) is 14.6. The summed E-state index contributed by atoms with van der Waals surface area (Å²) >= 11 is 7.81. The van der Waals surface area contributed by atoms with Crippen molar-refractivity contribution in [2.75, 3.05) is 31.8 Å². The zero-order chi connectivity index (χ0) is 17.8. The fourth-order valence-electron chi connectivity index (χ4n) is 2.69. The third kappa shape index (κ3) is 4.14. The topological polar surface area (TPSA) is 50.8 Å². The molecule has 0 spiro atoms. The minimum absolute atomic E-state index is 0.0498. The van der Waals surface area contributed by atoms with Crippen molar-refractivity contribution in [3.63, 3.8) is 0 Å². The van der Waals surface area contributed by atoms with Crippen LogP contribution >= 0.6 is 23.4 Å². The van der Waals surface area contributed by atoms with E-state index in [1.807, 2.05) is 29.2 Å². The van der Waals surface area contributed by atoms with Crippen LogP contribution in [0.3, 0.4) is 0 Å². The van der Waals surface area contributed by atoms with Crippen LogP contribution in [0.1, 0.15) is 10.9 Å². The smallest absolute Gasteiger partial charge is 0.323 e. The number of urea groups is 1. The average Bonchev–Trinajstić information content (AvgIpc) is 3.11. The lowest BCUT2D eigenvalue weighted by molar-refractivity contribution is 0.214. The number of halogens is 1. The number of ether oxygens (including phenoxy) is 2. The van der Waals surface area contributed by atoms with E-state index in [1.165, 1.54) is 0 Å².